The Kier molecular flexibility index (Phi) is 4.98. The fourth-order valence-electron chi connectivity index (χ4n) is 1.35. The van der Waals surface area contributed by atoms with E-state index in [1.165, 1.54) is 19.1 Å². The molecule has 1 aromatic rings. The molecule has 1 aromatic carbocycles. The van der Waals surface area contributed by atoms with Gasteiger partial charge < -0.3 is 11.5 Å². The fourth-order valence-corrected chi connectivity index (χ4v) is 2.73. The monoisotopic (exact) mass is 301 g/mol. The van der Waals surface area contributed by atoms with Gasteiger partial charge in [-0.25, -0.2) is 8.42 Å². The Morgan fingerprint density at radius 2 is 1.84 bits per heavy atom. The maximum Gasteiger partial charge on any atom is 0.241 e. The molecule has 1 atom stereocenters. The van der Waals surface area contributed by atoms with Crippen LogP contribution in [0.15, 0.2) is 29.2 Å². The topological polar surface area (TPSA) is 115 Å². The third-order valence-corrected chi connectivity index (χ3v) is 4.07. The number of carbonyl (C=O) groups is 1. The van der Waals surface area contributed by atoms with Gasteiger partial charge >= 0.3 is 0 Å². The largest absolute Gasteiger partial charge is 0.393 e. The summed E-state index contributed by atoms with van der Waals surface area (Å²) in [6.45, 7) is 1.38. The van der Waals surface area contributed by atoms with Crippen LogP contribution in [0, 0.1) is 0 Å². The van der Waals surface area contributed by atoms with Gasteiger partial charge in [0.05, 0.1) is 15.9 Å². The number of carbonyl (C=O) groups excluding carboxylic acids is 1. The number of hydrogen-bond acceptors (Lipinski definition) is 4. The van der Waals surface area contributed by atoms with Crippen molar-refractivity contribution in [3.05, 3.63) is 29.8 Å². The summed E-state index contributed by atoms with van der Waals surface area (Å²) in [5.74, 6) is -0.742. The number of thiocarbonyl (C=S) groups is 1. The lowest BCUT2D eigenvalue weighted by Crippen LogP contribution is -2.42. The van der Waals surface area contributed by atoms with Gasteiger partial charge in [0, 0.05) is 6.42 Å². The molecule has 0 spiro atoms. The van der Waals surface area contributed by atoms with Crippen LogP contribution in [0.4, 0.5) is 0 Å². The predicted molar refractivity (Wildman–Crippen MR) is 75.9 cm³/mol. The first-order valence-electron chi connectivity index (χ1n) is 5.41. The Bertz CT molecular complexity index is 582. The second-order valence-corrected chi connectivity index (χ2v) is 6.27. The van der Waals surface area contributed by atoms with Crippen LogP contribution in [0.2, 0.25) is 0 Å². The van der Waals surface area contributed by atoms with E-state index >= 15 is 0 Å². The van der Waals surface area contributed by atoms with Crippen molar-refractivity contribution in [2.45, 2.75) is 24.3 Å². The van der Waals surface area contributed by atoms with Gasteiger partial charge in [-0.3, -0.25) is 4.79 Å². The number of primary amides is 1. The molecule has 1 rings (SSSR count). The van der Waals surface area contributed by atoms with Crippen LogP contribution in [0.3, 0.4) is 0 Å². The minimum Gasteiger partial charge on any atom is -0.393 e. The van der Waals surface area contributed by atoms with E-state index in [-0.39, 0.29) is 4.90 Å². The molecule has 0 bridgehead atoms. The Balaban J connectivity index is 2.90. The van der Waals surface area contributed by atoms with E-state index < -0.39 is 22.0 Å². The molecule has 1 unspecified atom stereocenters. The molecule has 0 fully saturated rings. The summed E-state index contributed by atoms with van der Waals surface area (Å²) in [7, 11) is -3.76. The van der Waals surface area contributed by atoms with Crippen molar-refractivity contribution in [1.29, 1.82) is 0 Å². The zero-order valence-corrected chi connectivity index (χ0v) is 11.9. The van der Waals surface area contributed by atoms with Crippen LogP contribution >= 0.6 is 12.2 Å². The summed E-state index contributed by atoms with van der Waals surface area (Å²) in [6, 6.07) is 5.10. The van der Waals surface area contributed by atoms with Crippen molar-refractivity contribution in [3.8, 4) is 0 Å². The molecule has 0 aliphatic carbocycles. The van der Waals surface area contributed by atoms with Crippen molar-refractivity contribution >= 4 is 33.1 Å². The van der Waals surface area contributed by atoms with Crippen LogP contribution in [0.5, 0.6) is 0 Å². The number of nitrogens with one attached hydrogen (secondary N) is 1. The van der Waals surface area contributed by atoms with Gasteiger partial charge in [0.25, 0.3) is 0 Å². The second-order valence-electron chi connectivity index (χ2n) is 4.03. The molecule has 104 valence electrons. The smallest absolute Gasteiger partial charge is 0.241 e. The van der Waals surface area contributed by atoms with E-state index in [9.17, 15) is 13.2 Å². The summed E-state index contributed by atoms with van der Waals surface area (Å²) in [6.07, 6.45) is 0.404. The molecule has 19 heavy (non-hydrogen) atoms. The van der Waals surface area contributed by atoms with Crippen molar-refractivity contribution in [1.82, 2.24) is 4.72 Å². The molecule has 0 radical (unpaired) electrons. The summed E-state index contributed by atoms with van der Waals surface area (Å²) < 4.78 is 26.0. The minimum absolute atomic E-state index is 0.0484. The first kappa shape index (κ1) is 15.5. The minimum atomic E-state index is -3.76. The highest BCUT2D eigenvalue weighted by molar-refractivity contribution is 7.89. The Morgan fingerprint density at radius 3 is 2.26 bits per heavy atom. The zero-order valence-electron chi connectivity index (χ0n) is 10.3. The lowest BCUT2D eigenvalue weighted by molar-refractivity contribution is -0.119. The van der Waals surface area contributed by atoms with Crippen molar-refractivity contribution in [2.75, 3.05) is 0 Å². The third kappa shape index (κ3) is 4.58. The zero-order chi connectivity index (χ0) is 14.6. The Morgan fingerprint density at radius 1 is 1.32 bits per heavy atom. The maximum absolute atomic E-state index is 11.9. The average molecular weight is 301 g/mol. The number of nitrogens with two attached hydrogens (primary N) is 2. The Hall–Kier alpha value is -1.51. The molecule has 0 saturated heterocycles. The normalized spacial score (nSPS) is 12.9. The molecule has 0 aliphatic heterocycles. The molecular formula is C11H15N3O3S2. The van der Waals surface area contributed by atoms with E-state index in [2.05, 4.69) is 4.72 Å². The molecule has 1 amide bonds. The van der Waals surface area contributed by atoms with Gasteiger partial charge in [-0.05, 0) is 24.6 Å². The van der Waals surface area contributed by atoms with Crippen LogP contribution in [0.1, 0.15) is 12.5 Å². The lowest BCUT2D eigenvalue weighted by Gasteiger charge is -2.11. The number of hydrogen-bond donors (Lipinski definition) is 3. The van der Waals surface area contributed by atoms with Crippen molar-refractivity contribution in [3.63, 3.8) is 0 Å². The third-order valence-electron chi connectivity index (χ3n) is 2.37. The van der Waals surface area contributed by atoms with E-state index in [0.29, 0.717) is 11.4 Å². The van der Waals surface area contributed by atoms with Gasteiger partial charge in [-0.1, -0.05) is 24.4 Å². The molecule has 8 heteroatoms. The van der Waals surface area contributed by atoms with Gasteiger partial charge in [0.1, 0.15) is 0 Å². The lowest BCUT2D eigenvalue weighted by atomic mass is 10.1. The molecule has 0 aromatic heterocycles. The van der Waals surface area contributed by atoms with E-state index in [4.69, 9.17) is 23.7 Å². The van der Waals surface area contributed by atoms with Crippen LogP contribution < -0.4 is 16.2 Å². The number of sulfonamides is 1. The average Bonchev–Trinajstić information content (AvgIpc) is 2.28. The van der Waals surface area contributed by atoms with Gasteiger partial charge in [-0.15, -0.1) is 0 Å². The highest BCUT2D eigenvalue weighted by Crippen LogP contribution is 2.11. The van der Waals surface area contributed by atoms with Crippen LogP contribution in [-0.4, -0.2) is 25.4 Å². The summed E-state index contributed by atoms with van der Waals surface area (Å²) in [5, 5.41) is 0. The summed E-state index contributed by atoms with van der Waals surface area (Å²) in [4.78, 5) is 11.2. The first-order chi connectivity index (χ1) is 8.72. The van der Waals surface area contributed by atoms with Gasteiger partial charge in [0.2, 0.25) is 15.9 Å². The SMILES string of the molecule is CC(NS(=O)(=O)c1ccc(CC(N)=S)cc1)C(N)=O. The molecule has 0 heterocycles. The van der Waals surface area contributed by atoms with Crippen LogP contribution in [0.25, 0.3) is 0 Å². The molecule has 6 nitrogen and oxygen atoms in total. The van der Waals surface area contributed by atoms with E-state index in [1.807, 2.05) is 0 Å². The summed E-state index contributed by atoms with van der Waals surface area (Å²) >= 11 is 4.77. The van der Waals surface area contributed by atoms with Gasteiger partial charge in [0.15, 0.2) is 0 Å². The highest BCUT2D eigenvalue weighted by atomic mass is 32.2. The Labute approximate surface area is 117 Å². The molecule has 0 aliphatic rings. The number of amides is 1. The quantitative estimate of drug-likeness (QED) is 0.622. The number of rotatable bonds is 6. The molecule has 0 saturated carbocycles. The standard InChI is InChI=1S/C11H15N3O3S2/c1-7(11(13)15)14-19(16,17)9-4-2-8(3-5-9)6-10(12)18/h2-5,7,14H,6H2,1H3,(H2,12,18)(H2,13,15). The molecule has 5 N–H and O–H groups in total. The first-order valence-corrected chi connectivity index (χ1v) is 7.30. The maximum atomic E-state index is 11.9. The predicted octanol–water partition coefficient (Wildman–Crippen LogP) is -0.333. The highest BCUT2D eigenvalue weighted by Gasteiger charge is 2.20. The fraction of sp³-hybridized carbons (Fsp3) is 0.273. The summed E-state index contributed by atoms with van der Waals surface area (Å²) in [5.41, 5.74) is 11.2. The van der Waals surface area contributed by atoms with Gasteiger partial charge in [-0.2, -0.15) is 4.72 Å². The second kappa shape index (κ2) is 6.09. The van der Waals surface area contributed by atoms with Crippen LogP contribution in [-0.2, 0) is 21.2 Å². The number of benzene rings is 1. The molecular weight excluding hydrogens is 286 g/mol. The van der Waals surface area contributed by atoms with E-state index in [0.717, 1.165) is 5.56 Å². The van der Waals surface area contributed by atoms with Crippen molar-refractivity contribution < 1.29 is 13.2 Å². The van der Waals surface area contributed by atoms with Crippen molar-refractivity contribution in [2.24, 2.45) is 11.5 Å². The van der Waals surface area contributed by atoms with E-state index in [1.54, 1.807) is 12.1 Å².